The summed E-state index contributed by atoms with van der Waals surface area (Å²) in [6.45, 7) is 8.84. The van der Waals surface area contributed by atoms with E-state index in [1.807, 2.05) is 52.2 Å². The molecule has 51 heavy (non-hydrogen) atoms. The fourth-order valence-electron chi connectivity index (χ4n) is 7.47. The number of aromatic nitrogens is 6. The lowest BCUT2D eigenvalue weighted by molar-refractivity contribution is 0.204. The largest absolute Gasteiger partial charge is 0.351 e. The Morgan fingerprint density at radius 1 is 0.941 bits per heavy atom. The molecule has 1 aliphatic heterocycles. The first kappa shape index (κ1) is 34.9. The van der Waals surface area contributed by atoms with Crippen LogP contribution in [0.2, 0.25) is 5.02 Å². The monoisotopic (exact) mass is 705 g/mol. The van der Waals surface area contributed by atoms with Gasteiger partial charge in [-0.2, -0.15) is 9.78 Å². The zero-order chi connectivity index (χ0) is 35.5. The van der Waals surface area contributed by atoms with Crippen molar-refractivity contribution in [2.75, 3.05) is 25.5 Å². The van der Waals surface area contributed by atoms with Gasteiger partial charge in [-0.3, -0.25) is 0 Å². The third kappa shape index (κ3) is 7.87. The molecule has 7 rings (SSSR count). The molecule has 1 saturated heterocycles. The molecule has 0 radical (unpaired) electrons. The Hall–Kier alpha value is -4.54. The molecule has 11 heteroatoms. The Labute approximate surface area is 305 Å². The molecule has 0 bridgehead atoms. The molecule has 4 heterocycles. The van der Waals surface area contributed by atoms with Gasteiger partial charge in [0, 0.05) is 54.6 Å². The lowest BCUT2D eigenvalue weighted by Crippen LogP contribution is -2.32. The quantitative estimate of drug-likeness (QED) is 0.160. The Kier molecular flexibility index (Phi) is 10.5. The van der Waals surface area contributed by atoms with E-state index in [0.29, 0.717) is 31.0 Å². The first-order valence-corrected chi connectivity index (χ1v) is 18.7. The molecular weight excluding hydrogens is 658 g/mol. The van der Waals surface area contributed by atoms with Crippen molar-refractivity contribution in [2.45, 2.75) is 90.8 Å². The number of hydrogen-bond donors (Lipinski definition) is 2. The number of anilines is 1. The molecule has 266 valence electrons. The van der Waals surface area contributed by atoms with E-state index in [1.54, 1.807) is 4.90 Å². The summed E-state index contributed by atoms with van der Waals surface area (Å²) in [6, 6.07) is 18.9. The highest BCUT2D eigenvalue weighted by Crippen LogP contribution is 2.38. The third-order valence-corrected chi connectivity index (χ3v) is 10.7. The van der Waals surface area contributed by atoms with Crippen molar-refractivity contribution in [2.24, 2.45) is 0 Å². The Morgan fingerprint density at radius 3 is 2.39 bits per heavy atom. The van der Waals surface area contributed by atoms with E-state index in [0.717, 1.165) is 100 Å². The van der Waals surface area contributed by atoms with Gasteiger partial charge in [0.25, 0.3) is 0 Å². The maximum atomic E-state index is 13.1. The third-order valence-electron chi connectivity index (χ3n) is 10.3. The van der Waals surface area contributed by atoms with Crippen LogP contribution in [0.15, 0.2) is 60.8 Å². The average Bonchev–Trinajstić information content (AvgIpc) is 3.69. The fraction of sp³-hybridized carbons (Fsp3) is 0.425. The fourth-order valence-corrected chi connectivity index (χ4v) is 7.65. The summed E-state index contributed by atoms with van der Waals surface area (Å²) in [6.07, 6.45) is 9.92. The van der Waals surface area contributed by atoms with Crippen molar-refractivity contribution >= 4 is 23.6 Å². The number of amides is 1. The van der Waals surface area contributed by atoms with Crippen LogP contribution in [0, 0.1) is 20.8 Å². The van der Waals surface area contributed by atoms with Crippen LogP contribution in [0.3, 0.4) is 0 Å². The highest BCUT2D eigenvalue weighted by Gasteiger charge is 2.28. The minimum absolute atomic E-state index is 0.148. The van der Waals surface area contributed by atoms with Crippen LogP contribution in [0.25, 0.3) is 22.6 Å². The molecule has 2 aliphatic rings. The molecule has 1 amide bonds. The number of nitrogens with zero attached hydrogens (tertiary/aromatic N) is 7. The van der Waals surface area contributed by atoms with Gasteiger partial charge in [-0.05, 0) is 94.4 Å². The molecule has 1 aliphatic carbocycles. The van der Waals surface area contributed by atoms with Crippen molar-refractivity contribution in [3.8, 4) is 22.6 Å². The molecule has 0 unspecified atom stereocenters. The predicted octanol–water partition coefficient (Wildman–Crippen LogP) is 8.14. The van der Waals surface area contributed by atoms with Crippen LogP contribution in [0.4, 0.5) is 10.7 Å². The van der Waals surface area contributed by atoms with Gasteiger partial charge in [-0.1, -0.05) is 67.3 Å². The van der Waals surface area contributed by atoms with Crippen LogP contribution < -0.4 is 10.6 Å². The molecule has 2 aromatic carbocycles. The molecule has 0 spiro atoms. The van der Waals surface area contributed by atoms with E-state index in [4.69, 9.17) is 21.6 Å². The maximum absolute atomic E-state index is 13.1. The van der Waals surface area contributed by atoms with E-state index >= 15 is 0 Å². The van der Waals surface area contributed by atoms with Crippen molar-refractivity contribution < 1.29 is 4.79 Å². The van der Waals surface area contributed by atoms with E-state index in [9.17, 15) is 4.79 Å². The standard InChI is InChI=1S/C40H48ClN9O/c1-26-10-15-32(23-34(26)41)36-37(35-18-21-43-39(45-35)44-33-8-6-5-7-9-33)49(38(46-36)31-16-19-42-20-17-31)25-30-13-11-29(12-14-30)24-48(4)40(51)50-28(3)22-27(2)47-50/h10-15,18,21-23,31,33,42H,5-9,16-17,19-20,24-25H2,1-4H3,(H,43,44,45). The SMILES string of the molecule is Cc1cc(C)n(C(=O)N(C)Cc2ccc(Cn3c(C4CCNCC4)nc(-c4ccc(C)c(Cl)c4)c3-c3ccnc(NC4CCCCC4)n3)cc2)n1. The summed E-state index contributed by atoms with van der Waals surface area (Å²) in [7, 11) is 1.81. The summed E-state index contributed by atoms with van der Waals surface area (Å²) in [4.78, 5) is 30.1. The van der Waals surface area contributed by atoms with Crippen molar-refractivity contribution in [3.63, 3.8) is 0 Å². The van der Waals surface area contributed by atoms with Gasteiger partial charge in [0.2, 0.25) is 5.95 Å². The van der Waals surface area contributed by atoms with Crippen LogP contribution >= 0.6 is 11.6 Å². The van der Waals surface area contributed by atoms with Crippen LogP contribution in [0.5, 0.6) is 0 Å². The van der Waals surface area contributed by atoms with Gasteiger partial charge in [0.1, 0.15) is 5.82 Å². The number of imidazole rings is 1. The molecule has 2 N–H and O–H groups in total. The summed E-state index contributed by atoms with van der Waals surface area (Å²) in [5.74, 6) is 2.03. The maximum Gasteiger partial charge on any atom is 0.344 e. The van der Waals surface area contributed by atoms with Gasteiger partial charge in [-0.25, -0.2) is 19.7 Å². The number of nitrogens with one attached hydrogen (secondary N) is 2. The molecule has 1 saturated carbocycles. The van der Waals surface area contributed by atoms with Crippen molar-refractivity contribution in [1.82, 2.24) is 39.5 Å². The number of halogens is 1. The average molecular weight is 706 g/mol. The Bertz CT molecular complexity index is 1990. The number of carbonyl (C=O) groups excluding carboxylic acids is 1. The molecule has 10 nitrogen and oxygen atoms in total. The first-order chi connectivity index (χ1) is 24.7. The lowest BCUT2D eigenvalue weighted by Gasteiger charge is -2.24. The van der Waals surface area contributed by atoms with Gasteiger partial charge in [0.05, 0.1) is 22.8 Å². The number of piperidine rings is 1. The lowest BCUT2D eigenvalue weighted by atomic mass is 9.96. The number of aryl methyl sites for hydroxylation is 3. The molecule has 0 atom stereocenters. The second-order valence-corrected chi connectivity index (χ2v) is 14.7. The second-order valence-electron chi connectivity index (χ2n) is 14.3. The highest BCUT2D eigenvalue weighted by atomic mass is 35.5. The van der Waals surface area contributed by atoms with Gasteiger partial charge >= 0.3 is 6.03 Å². The zero-order valence-electron chi connectivity index (χ0n) is 30.1. The van der Waals surface area contributed by atoms with Gasteiger partial charge in [0.15, 0.2) is 0 Å². The second kappa shape index (κ2) is 15.4. The molecule has 3 aromatic heterocycles. The topological polar surface area (TPSA) is 106 Å². The highest BCUT2D eigenvalue weighted by molar-refractivity contribution is 6.31. The summed E-state index contributed by atoms with van der Waals surface area (Å²) < 4.78 is 3.84. The molecule has 2 fully saturated rings. The van der Waals surface area contributed by atoms with Crippen molar-refractivity contribution in [1.29, 1.82) is 0 Å². The summed E-state index contributed by atoms with van der Waals surface area (Å²) in [5, 5.41) is 12.3. The molecule has 5 aromatic rings. The van der Waals surface area contributed by atoms with E-state index in [2.05, 4.69) is 61.7 Å². The van der Waals surface area contributed by atoms with Crippen LogP contribution in [-0.2, 0) is 13.1 Å². The summed E-state index contributed by atoms with van der Waals surface area (Å²) >= 11 is 6.73. The number of rotatable bonds is 9. The summed E-state index contributed by atoms with van der Waals surface area (Å²) in [5.41, 5.74) is 8.54. The predicted molar refractivity (Wildman–Crippen MR) is 203 cm³/mol. The van der Waals surface area contributed by atoms with E-state index in [1.165, 1.54) is 23.9 Å². The smallest absolute Gasteiger partial charge is 0.344 e. The Balaban J connectivity index is 1.25. The minimum Gasteiger partial charge on any atom is -0.351 e. The molecular formula is C40H48ClN9O. The normalized spacial score (nSPS) is 15.6. The zero-order valence-corrected chi connectivity index (χ0v) is 30.9. The number of benzene rings is 2. The first-order valence-electron chi connectivity index (χ1n) is 18.3. The minimum atomic E-state index is -0.148. The van der Waals surface area contributed by atoms with Crippen LogP contribution in [-0.4, -0.2) is 66.4 Å². The van der Waals surface area contributed by atoms with E-state index < -0.39 is 0 Å². The number of hydrogen-bond acceptors (Lipinski definition) is 7. The Morgan fingerprint density at radius 2 is 1.69 bits per heavy atom. The number of carbonyl (C=O) groups is 1. The van der Waals surface area contributed by atoms with Gasteiger partial charge < -0.3 is 20.1 Å². The van der Waals surface area contributed by atoms with Gasteiger partial charge in [-0.15, -0.1) is 0 Å². The van der Waals surface area contributed by atoms with Crippen LogP contribution in [0.1, 0.15) is 84.8 Å². The van der Waals surface area contributed by atoms with E-state index in [-0.39, 0.29) is 6.03 Å². The van der Waals surface area contributed by atoms with Crippen molar-refractivity contribution in [3.05, 3.63) is 99.7 Å².